The van der Waals surface area contributed by atoms with Gasteiger partial charge in [0.05, 0.1) is 0 Å². The molecule has 0 spiro atoms. The van der Waals surface area contributed by atoms with Crippen LogP contribution in [0.4, 0.5) is 0 Å². The Morgan fingerprint density at radius 1 is 1.83 bits per heavy atom. The lowest BCUT2D eigenvalue weighted by Gasteiger charge is -1.77. The van der Waals surface area contributed by atoms with Crippen molar-refractivity contribution in [1.29, 1.82) is 0 Å². The zero-order valence-corrected chi connectivity index (χ0v) is 5.70. The van der Waals surface area contributed by atoms with Crippen molar-refractivity contribution in [2.75, 3.05) is 0 Å². The summed E-state index contributed by atoms with van der Waals surface area (Å²) in [4.78, 5) is 0. The van der Waals surface area contributed by atoms with E-state index in [0.717, 1.165) is 0 Å². The van der Waals surface area contributed by atoms with Crippen LogP contribution in [0.15, 0.2) is 11.2 Å². The summed E-state index contributed by atoms with van der Waals surface area (Å²) in [5.74, 6) is 0. The van der Waals surface area contributed by atoms with Crippen LogP contribution in [-0.4, -0.2) is 20.2 Å². The van der Waals surface area contributed by atoms with E-state index in [1.54, 1.807) is 5.70 Å². The van der Waals surface area contributed by atoms with Crippen LogP contribution in [0.3, 0.4) is 0 Å². The third-order valence-electron chi connectivity index (χ3n) is 0.190. The molecule has 0 amide bonds. The molecule has 0 aliphatic carbocycles. The van der Waals surface area contributed by atoms with Gasteiger partial charge in [0.25, 0.3) is 0 Å². The van der Waals surface area contributed by atoms with Crippen LogP contribution in [0, 0.1) is 0 Å². The Morgan fingerprint density at radius 2 is 2.50 bits per heavy atom. The zero-order chi connectivity index (χ0) is 4.83. The SMILES string of the molecule is [Si]O[Si]C=CCl. The van der Waals surface area contributed by atoms with Crippen LogP contribution in [0.2, 0.25) is 0 Å². The molecule has 0 aromatic rings. The minimum atomic E-state index is 0.316. The van der Waals surface area contributed by atoms with E-state index in [1.807, 2.05) is 0 Å². The van der Waals surface area contributed by atoms with Gasteiger partial charge in [0.2, 0.25) is 20.2 Å². The Hall–Kier alpha value is 0.424. The monoisotopic (exact) mass is 133 g/mol. The lowest BCUT2D eigenvalue weighted by atomic mass is 11.3. The number of hydrogen-bond acceptors (Lipinski definition) is 1. The van der Waals surface area contributed by atoms with Crippen molar-refractivity contribution >= 4 is 31.9 Å². The molecule has 0 bridgehead atoms. The first-order valence-corrected chi connectivity index (χ1v) is 3.08. The fourth-order valence-electron chi connectivity index (χ4n) is 0.0597. The van der Waals surface area contributed by atoms with Gasteiger partial charge in [-0.1, -0.05) is 17.3 Å². The number of hydrogen-bond donors (Lipinski definition) is 0. The predicted molar refractivity (Wildman–Crippen MR) is 27.6 cm³/mol. The van der Waals surface area contributed by atoms with Crippen LogP contribution in [0.5, 0.6) is 0 Å². The highest BCUT2D eigenvalue weighted by Gasteiger charge is 1.70. The molecule has 0 rings (SSSR count). The molecule has 4 heteroatoms. The lowest BCUT2D eigenvalue weighted by Crippen LogP contribution is -1.86. The smallest absolute Gasteiger partial charge is 0.249 e. The Balaban J connectivity index is 2.66. The van der Waals surface area contributed by atoms with E-state index in [0.29, 0.717) is 9.76 Å². The van der Waals surface area contributed by atoms with Crippen molar-refractivity contribution in [3.8, 4) is 0 Å². The molecule has 0 unspecified atom stereocenters. The lowest BCUT2D eigenvalue weighted by molar-refractivity contribution is 0.676. The van der Waals surface area contributed by atoms with Crippen LogP contribution in [0.25, 0.3) is 0 Å². The van der Waals surface area contributed by atoms with Crippen molar-refractivity contribution in [3.63, 3.8) is 0 Å². The molecule has 0 fully saturated rings. The highest BCUT2D eigenvalue weighted by molar-refractivity contribution is 6.42. The summed E-state index contributed by atoms with van der Waals surface area (Å²) in [6, 6.07) is 0. The first-order chi connectivity index (χ1) is 2.91. The maximum atomic E-state index is 5.11. The topological polar surface area (TPSA) is 9.23 Å². The van der Waals surface area contributed by atoms with E-state index < -0.39 is 0 Å². The minimum Gasteiger partial charge on any atom is -0.454 e. The van der Waals surface area contributed by atoms with Gasteiger partial charge in [-0.25, -0.2) is 0 Å². The molecule has 0 saturated heterocycles. The van der Waals surface area contributed by atoms with Gasteiger partial charge in [0, 0.05) is 0 Å². The van der Waals surface area contributed by atoms with Gasteiger partial charge >= 0.3 is 0 Å². The summed E-state index contributed by atoms with van der Waals surface area (Å²) in [6.07, 6.45) is 0. The molecule has 6 heavy (non-hydrogen) atoms. The van der Waals surface area contributed by atoms with Crippen molar-refractivity contribution in [1.82, 2.24) is 0 Å². The maximum Gasteiger partial charge on any atom is 0.249 e. The van der Waals surface area contributed by atoms with Crippen LogP contribution in [0.1, 0.15) is 0 Å². The Bertz CT molecular complexity index is 46.8. The summed E-state index contributed by atoms with van der Waals surface area (Å²) in [7, 11) is 3.11. The van der Waals surface area contributed by atoms with E-state index in [2.05, 4.69) is 14.6 Å². The molecule has 5 radical (unpaired) electrons. The van der Waals surface area contributed by atoms with Crippen LogP contribution in [-0.2, 0) is 4.12 Å². The Morgan fingerprint density at radius 3 is 2.67 bits per heavy atom. The van der Waals surface area contributed by atoms with Gasteiger partial charge in [-0.2, -0.15) is 0 Å². The van der Waals surface area contributed by atoms with Crippen LogP contribution >= 0.6 is 11.6 Å². The Kier molecular flexibility index (Phi) is 5.81. The second kappa shape index (κ2) is 5.42. The molecule has 0 heterocycles. The highest BCUT2D eigenvalue weighted by Crippen LogP contribution is 1.73. The molecule has 0 aromatic carbocycles. The molecule has 31 valence electrons. The molecule has 0 atom stereocenters. The second-order valence-corrected chi connectivity index (χ2v) is 2.15. The molecule has 0 saturated carbocycles. The van der Waals surface area contributed by atoms with Gasteiger partial charge < -0.3 is 4.12 Å². The maximum absolute atomic E-state index is 5.11. The van der Waals surface area contributed by atoms with Crippen molar-refractivity contribution in [2.45, 2.75) is 0 Å². The second-order valence-electron chi connectivity index (χ2n) is 0.513. The van der Waals surface area contributed by atoms with Gasteiger partial charge in [0.15, 0.2) is 0 Å². The number of rotatable bonds is 2. The van der Waals surface area contributed by atoms with Crippen LogP contribution < -0.4 is 0 Å². The standard InChI is InChI=1S/C2H2ClOSi2/c3-1-2-6-4-5/h1-2H. The molecular formula is C2H2ClOSi2. The number of halogens is 1. The normalized spacial score (nSPS) is 10.3. The van der Waals surface area contributed by atoms with Crippen molar-refractivity contribution < 1.29 is 4.12 Å². The molecule has 0 N–H and O–H groups in total. The van der Waals surface area contributed by atoms with Gasteiger partial charge in [0.1, 0.15) is 0 Å². The van der Waals surface area contributed by atoms with E-state index in [-0.39, 0.29) is 0 Å². The first kappa shape index (κ1) is 6.42. The van der Waals surface area contributed by atoms with Gasteiger partial charge in [-0.05, 0) is 5.54 Å². The summed E-state index contributed by atoms with van der Waals surface area (Å²) < 4.78 is 4.44. The third kappa shape index (κ3) is 4.42. The summed E-state index contributed by atoms with van der Waals surface area (Å²) in [6.45, 7) is 0. The fraction of sp³-hybridized carbons (Fsp3) is 0. The third-order valence-corrected chi connectivity index (χ3v) is 1.30. The van der Waals surface area contributed by atoms with E-state index >= 15 is 0 Å². The highest BCUT2D eigenvalue weighted by atomic mass is 35.5. The molecule has 0 aliphatic heterocycles. The molecule has 1 nitrogen and oxygen atoms in total. The molecule has 0 aliphatic rings. The van der Waals surface area contributed by atoms with Gasteiger partial charge in [-0.15, -0.1) is 0 Å². The summed E-state index contributed by atoms with van der Waals surface area (Å²) >= 11 is 5.11. The average molecular weight is 134 g/mol. The van der Waals surface area contributed by atoms with Crippen molar-refractivity contribution in [3.05, 3.63) is 11.2 Å². The largest absolute Gasteiger partial charge is 0.454 e. The summed E-state index contributed by atoms with van der Waals surface area (Å²) in [5, 5.41) is 0. The minimum absolute atomic E-state index is 0.316. The fourth-order valence-corrected chi connectivity index (χ4v) is 0.538. The van der Waals surface area contributed by atoms with Gasteiger partial charge in [-0.3, -0.25) is 0 Å². The van der Waals surface area contributed by atoms with E-state index in [1.165, 1.54) is 5.54 Å². The van der Waals surface area contributed by atoms with E-state index in [9.17, 15) is 0 Å². The molecule has 0 aromatic heterocycles. The Labute approximate surface area is 47.8 Å². The van der Waals surface area contributed by atoms with E-state index in [4.69, 9.17) is 11.6 Å². The predicted octanol–water partition coefficient (Wildman–Crippen LogP) is 0.416. The first-order valence-electron chi connectivity index (χ1n) is 1.25. The quantitative estimate of drug-likeness (QED) is 0.496. The van der Waals surface area contributed by atoms with Crippen molar-refractivity contribution in [2.24, 2.45) is 0 Å². The molecular weight excluding hydrogens is 132 g/mol. The summed E-state index contributed by atoms with van der Waals surface area (Å²) in [5.41, 5.74) is 3.12. The average Bonchev–Trinajstić information content (AvgIpc) is 1.61. The zero-order valence-electron chi connectivity index (χ0n) is 2.94.